The van der Waals surface area contributed by atoms with E-state index >= 15 is 0 Å². The van der Waals surface area contributed by atoms with Gasteiger partial charge in [0.1, 0.15) is 0 Å². The summed E-state index contributed by atoms with van der Waals surface area (Å²) < 4.78 is 0. The molecule has 0 unspecified atom stereocenters. The van der Waals surface area contributed by atoms with Gasteiger partial charge in [-0.3, -0.25) is 0 Å². The molecule has 0 fully saturated rings. The molecule has 0 aromatic heterocycles. The molecule has 1 rings (SSSR count). The van der Waals surface area contributed by atoms with Crippen molar-refractivity contribution in [2.24, 2.45) is 0 Å². The topological polar surface area (TPSA) is 121 Å². The van der Waals surface area contributed by atoms with Crippen LogP contribution in [-0.2, 0) is 0 Å². The summed E-state index contributed by atoms with van der Waals surface area (Å²) >= 11 is 0. The smallest absolute Gasteiger partial charge is 0.335 e. The molecule has 0 radical (unpaired) electrons. The fourth-order valence-corrected chi connectivity index (χ4v) is 0.786. The summed E-state index contributed by atoms with van der Waals surface area (Å²) in [6.07, 6.45) is 0. The van der Waals surface area contributed by atoms with Crippen molar-refractivity contribution >= 4 is 5.97 Å². The minimum Gasteiger partial charge on any atom is -0.869 e. The lowest BCUT2D eigenvalue weighted by molar-refractivity contribution is -0.270. The molecular weight excluding hydrogens is 180 g/mol. The molecule has 4 N–H and O–H groups in total. The predicted molar refractivity (Wildman–Crippen MR) is 37.8 cm³/mol. The monoisotopic (exact) mass is 185 g/mol. The van der Waals surface area contributed by atoms with E-state index in [9.17, 15) is 9.90 Å². The van der Waals surface area contributed by atoms with Gasteiger partial charge in [-0.1, -0.05) is 0 Å². The Labute approximate surface area is 71.9 Å². The molecule has 0 bridgehead atoms. The summed E-state index contributed by atoms with van der Waals surface area (Å²) in [6, 6.07) is 0.569. The molecule has 0 aliphatic heterocycles. The van der Waals surface area contributed by atoms with Gasteiger partial charge < -0.3 is 25.5 Å². The second-order valence-corrected chi connectivity index (χ2v) is 2.27. The summed E-state index contributed by atoms with van der Waals surface area (Å²) in [4.78, 5) is 10.3. The van der Waals surface area contributed by atoms with Crippen molar-refractivity contribution in [3.05, 3.63) is 11.6 Å². The summed E-state index contributed by atoms with van der Waals surface area (Å²) in [7, 11) is 0. The largest absolute Gasteiger partial charge is 0.869 e. The zero-order valence-corrected chi connectivity index (χ0v) is 6.18. The molecule has 1 aromatic carbocycles. The zero-order valence-electron chi connectivity index (χ0n) is 6.18. The lowest BCUT2D eigenvalue weighted by Gasteiger charge is -2.13. The SMILES string of the molecule is O=C(O)c1cc(O)c(O)c(O)c1[O-]. The Morgan fingerprint density at radius 1 is 1.23 bits per heavy atom. The normalized spacial score (nSPS) is 9.85. The molecule has 6 heteroatoms. The van der Waals surface area contributed by atoms with E-state index in [1.807, 2.05) is 0 Å². The number of carboxylic acid groups (broad SMARTS) is 1. The molecule has 70 valence electrons. The van der Waals surface area contributed by atoms with E-state index < -0.39 is 34.5 Å². The second kappa shape index (κ2) is 2.74. The van der Waals surface area contributed by atoms with Gasteiger partial charge in [0.2, 0.25) is 0 Å². The molecule has 0 amide bonds. The Morgan fingerprint density at radius 3 is 2.23 bits per heavy atom. The third-order valence-electron chi connectivity index (χ3n) is 1.44. The minimum atomic E-state index is -1.59. The molecule has 0 saturated carbocycles. The molecule has 1 aromatic rings. The molecule has 0 saturated heterocycles. The number of hydrogen-bond donors (Lipinski definition) is 4. The Hall–Kier alpha value is -2.11. The van der Waals surface area contributed by atoms with Crippen LogP contribution in [0.2, 0.25) is 0 Å². The first-order valence-electron chi connectivity index (χ1n) is 3.13. The molecular formula is C7H5O6-. The van der Waals surface area contributed by atoms with Gasteiger partial charge in [0, 0.05) is 0 Å². The highest BCUT2D eigenvalue weighted by atomic mass is 16.4. The Balaban J connectivity index is 3.50. The third-order valence-corrected chi connectivity index (χ3v) is 1.44. The molecule has 13 heavy (non-hydrogen) atoms. The molecule has 0 atom stereocenters. The van der Waals surface area contributed by atoms with Gasteiger partial charge >= 0.3 is 5.97 Å². The second-order valence-electron chi connectivity index (χ2n) is 2.27. The first-order chi connectivity index (χ1) is 5.95. The standard InChI is InChI=1S/C7H6O6/c8-3-1-2(7(12)13)4(9)6(11)5(3)10/h1,8-11H,(H,12,13)/p-1. The van der Waals surface area contributed by atoms with Gasteiger partial charge in [0.15, 0.2) is 17.2 Å². The van der Waals surface area contributed by atoms with Gasteiger partial charge in [0.25, 0.3) is 0 Å². The van der Waals surface area contributed by atoms with Crippen molar-refractivity contribution < 1.29 is 30.3 Å². The van der Waals surface area contributed by atoms with Gasteiger partial charge in [0.05, 0.1) is 5.56 Å². The van der Waals surface area contributed by atoms with Gasteiger partial charge in [-0.05, 0) is 11.8 Å². The van der Waals surface area contributed by atoms with Crippen molar-refractivity contribution in [2.75, 3.05) is 0 Å². The quantitative estimate of drug-likeness (QED) is 0.440. The third kappa shape index (κ3) is 1.28. The molecule has 0 heterocycles. The highest BCUT2D eigenvalue weighted by Crippen LogP contribution is 2.42. The van der Waals surface area contributed by atoms with Crippen LogP contribution < -0.4 is 5.11 Å². The van der Waals surface area contributed by atoms with Crippen LogP contribution in [0.25, 0.3) is 0 Å². The zero-order chi connectivity index (χ0) is 10.2. The fraction of sp³-hybridized carbons (Fsp3) is 0. The fourth-order valence-electron chi connectivity index (χ4n) is 0.786. The van der Waals surface area contributed by atoms with Gasteiger partial charge in [-0.2, -0.15) is 0 Å². The highest BCUT2D eigenvalue weighted by Gasteiger charge is 2.14. The number of benzene rings is 1. The maximum atomic E-state index is 10.9. The van der Waals surface area contributed by atoms with Crippen molar-refractivity contribution in [1.29, 1.82) is 0 Å². The Kier molecular flexibility index (Phi) is 1.89. The Morgan fingerprint density at radius 2 is 1.77 bits per heavy atom. The Bertz CT molecular complexity index is 370. The van der Waals surface area contributed by atoms with Crippen LogP contribution in [0.4, 0.5) is 0 Å². The lowest BCUT2D eigenvalue weighted by atomic mass is 10.1. The van der Waals surface area contributed by atoms with Crippen LogP contribution in [0.1, 0.15) is 10.4 Å². The van der Waals surface area contributed by atoms with Crippen molar-refractivity contribution in [2.45, 2.75) is 0 Å². The number of phenols is 3. The van der Waals surface area contributed by atoms with E-state index in [1.165, 1.54) is 0 Å². The minimum absolute atomic E-state index is 0.569. The van der Waals surface area contributed by atoms with E-state index in [0.29, 0.717) is 6.07 Å². The van der Waals surface area contributed by atoms with Crippen molar-refractivity contribution in [3.63, 3.8) is 0 Å². The number of rotatable bonds is 1. The van der Waals surface area contributed by atoms with E-state index in [4.69, 9.17) is 20.4 Å². The van der Waals surface area contributed by atoms with Gasteiger partial charge in [-0.25, -0.2) is 4.79 Å². The van der Waals surface area contributed by atoms with Crippen LogP contribution in [0, 0.1) is 0 Å². The highest BCUT2D eigenvalue weighted by molar-refractivity contribution is 5.93. The van der Waals surface area contributed by atoms with Crippen LogP contribution in [-0.4, -0.2) is 26.4 Å². The van der Waals surface area contributed by atoms with Crippen LogP contribution in [0.3, 0.4) is 0 Å². The average molecular weight is 185 g/mol. The number of aromatic hydroxyl groups is 3. The first kappa shape index (κ1) is 8.98. The maximum absolute atomic E-state index is 10.9. The van der Waals surface area contributed by atoms with E-state index in [1.54, 1.807) is 0 Å². The first-order valence-corrected chi connectivity index (χ1v) is 3.13. The van der Waals surface area contributed by atoms with Crippen molar-refractivity contribution in [1.82, 2.24) is 0 Å². The van der Waals surface area contributed by atoms with E-state index in [2.05, 4.69) is 0 Å². The summed E-state index contributed by atoms with van der Waals surface area (Å²) in [5.74, 6) is -5.86. The predicted octanol–water partition coefficient (Wildman–Crippen LogP) is -0.425. The molecule has 0 aliphatic carbocycles. The lowest BCUT2D eigenvalue weighted by Crippen LogP contribution is -2.03. The van der Waals surface area contributed by atoms with Crippen LogP contribution in [0.5, 0.6) is 23.0 Å². The number of carboxylic acids is 1. The van der Waals surface area contributed by atoms with E-state index in [0.717, 1.165) is 0 Å². The summed E-state index contributed by atoms with van der Waals surface area (Å²) in [5, 5.41) is 45.8. The molecule has 0 aliphatic rings. The van der Waals surface area contributed by atoms with Crippen LogP contribution >= 0.6 is 0 Å². The number of hydrogen-bond acceptors (Lipinski definition) is 5. The maximum Gasteiger partial charge on any atom is 0.335 e. The molecule has 0 spiro atoms. The average Bonchev–Trinajstić information content (AvgIpc) is 2.07. The van der Waals surface area contributed by atoms with Crippen LogP contribution in [0.15, 0.2) is 6.07 Å². The number of carbonyl (C=O) groups is 1. The van der Waals surface area contributed by atoms with Crippen molar-refractivity contribution in [3.8, 4) is 23.0 Å². The number of aromatic carboxylic acids is 1. The van der Waals surface area contributed by atoms with Gasteiger partial charge in [-0.15, -0.1) is 0 Å². The summed E-state index contributed by atoms with van der Waals surface area (Å²) in [6.45, 7) is 0. The number of phenolic OH excluding ortho intramolecular Hbond substituents is 3. The molecule has 6 nitrogen and oxygen atoms in total. The van der Waals surface area contributed by atoms with E-state index in [-0.39, 0.29) is 0 Å². The summed E-state index contributed by atoms with van der Waals surface area (Å²) in [5.41, 5.74) is -0.798.